The Morgan fingerprint density at radius 1 is 0.955 bits per heavy atom. The van der Waals surface area contributed by atoms with E-state index in [1.165, 1.54) is 18.1 Å². The lowest BCUT2D eigenvalue weighted by atomic mass is 9.70. The molecule has 2 aromatic rings. The fraction of sp³-hybridized carbons (Fsp3) is 0.316. The predicted octanol–water partition coefficient (Wildman–Crippen LogP) is 3.27. The Morgan fingerprint density at radius 2 is 1.45 bits per heavy atom. The van der Waals surface area contributed by atoms with Crippen LogP contribution in [0.25, 0.3) is 0 Å². The summed E-state index contributed by atoms with van der Waals surface area (Å²) in [6, 6.07) is 20.6. The van der Waals surface area contributed by atoms with E-state index in [1.54, 1.807) is 0 Å². The van der Waals surface area contributed by atoms with Crippen molar-refractivity contribution in [2.24, 2.45) is 5.73 Å². The zero-order valence-electron chi connectivity index (χ0n) is 13.0. The van der Waals surface area contributed by atoms with E-state index in [1.807, 2.05) is 36.4 Å². The molecule has 0 aliphatic rings. The smallest absolute Gasteiger partial charge is 0.302 e. The van der Waals surface area contributed by atoms with Gasteiger partial charge in [-0.05, 0) is 30.5 Å². The monoisotopic (exact) mass is 297 g/mol. The summed E-state index contributed by atoms with van der Waals surface area (Å²) >= 11 is 0. The Balaban J connectivity index is 2.42. The van der Waals surface area contributed by atoms with Crippen LogP contribution in [0.4, 0.5) is 0 Å². The minimum atomic E-state index is -0.247. The van der Waals surface area contributed by atoms with E-state index < -0.39 is 0 Å². The van der Waals surface area contributed by atoms with Crippen molar-refractivity contribution >= 4 is 5.97 Å². The van der Waals surface area contributed by atoms with Gasteiger partial charge in [0.05, 0.1) is 6.61 Å². The lowest BCUT2D eigenvalue weighted by Crippen LogP contribution is -2.32. The number of rotatable bonds is 7. The van der Waals surface area contributed by atoms with Crippen LogP contribution in [-0.2, 0) is 14.9 Å². The molecule has 0 radical (unpaired) electrons. The summed E-state index contributed by atoms with van der Waals surface area (Å²) in [6.45, 7) is 2.40. The summed E-state index contributed by atoms with van der Waals surface area (Å²) in [7, 11) is 0. The Bertz CT molecular complexity index is 541. The van der Waals surface area contributed by atoms with E-state index in [9.17, 15) is 4.79 Å². The second-order valence-corrected chi connectivity index (χ2v) is 5.44. The molecule has 0 amide bonds. The largest absolute Gasteiger partial charge is 0.466 e. The Kier molecular flexibility index (Phi) is 5.73. The first-order chi connectivity index (χ1) is 10.7. The fourth-order valence-corrected chi connectivity index (χ4v) is 3.00. The molecule has 3 nitrogen and oxygen atoms in total. The van der Waals surface area contributed by atoms with Crippen LogP contribution in [0.3, 0.4) is 0 Å². The summed E-state index contributed by atoms with van der Waals surface area (Å²) in [5.74, 6) is -0.247. The quantitative estimate of drug-likeness (QED) is 0.798. The summed E-state index contributed by atoms with van der Waals surface area (Å²) in [5, 5.41) is 0. The topological polar surface area (TPSA) is 52.3 Å². The molecule has 0 spiro atoms. The highest BCUT2D eigenvalue weighted by Gasteiger charge is 2.33. The molecule has 0 atom stereocenters. The first kappa shape index (κ1) is 16.2. The number of carbonyl (C=O) groups is 1. The average molecular weight is 297 g/mol. The van der Waals surface area contributed by atoms with Gasteiger partial charge in [-0.2, -0.15) is 0 Å². The molecule has 116 valence electrons. The van der Waals surface area contributed by atoms with Crippen molar-refractivity contribution in [3.63, 3.8) is 0 Å². The van der Waals surface area contributed by atoms with Crippen LogP contribution >= 0.6 is 0 Å². The van der Waals surface area contributed by atoms with Crippen molar-refractivity contribution in [3.8, 4) is 0 Å². The van der Waals surface area contributed by atoms with Crippen molar-refractivity contribution in [1.29, 1.82) is 0 Å². The maximum Gasteiger partial charge on any atom is 0.302 e. The van der Waals surface area contributed by atoms with Gasteiger partial charge in [0.25, 0.3) is 0 Å². The second kappa shape index (κ2) is 7.76. The van der Waals surface area contributed by atoms with Gasteiger partial charge >= 0.3 is 5.97 Å². The molecular weight excluding hydrogens is 274 g/mol. The molecule has 0 unspecified atom stereocenters. The van der Waals surface area contributed by atoms with Gasteiger partial charge in [0.15, 0.2) is 0 Å². The normalized spacial score (nSPS) is 11.2. The van der Waals surface area contributed by atoms with Gasteiger partial charge in [0, 0.05) is 12.3 Å². The molecule has 2 rings (SSSR count). The molecule has 2 aromatic carbocycles. The van der Waals surface area contributed by atoms with E-state index in [4.69, 9.17) is 10.5 Å². The van der Waals surface area contributed by atoms with Crippen molar-refractivity contribution in [2.45, 2.75) is 25.2 Å². The first-order valence-corrected chi connectivity index (χ1v) is 7.63. The van der Waals surface area contributed by atoms with Crippen LogP contribution in [0.2, 0.25) is 0 Å². The van der Waals surface area contributed by atoms with Gasteiger partial charge < -0.3 is 10.5 Å². The zero-order valence-corrected chi connectivity index (χ0v) is 13.0. The number of hydrogen-bond donors (Lipinski definition) is 1. The van der Waals surface area contributed by atoms with Crippen LogP contribution in [0.1, 0.15) is 30.9 Å². The lowest BCUT2D eigenvalue weighted by molar-refractivity contribution is -0.141. The third kappa shape index (κ3) is 3.74. The van der Waals surface area contributed by atoms with E-state index in [0.29, 0.717) is 13.2 Å². The predicted molar refractivity (Wildman–Crippen MR) is 88.6 cm³/mol. The molecule has 0 saturated heterocycles. The standard InChI is InChI=1S/C19H23NO2/c1-16(21)22-15-13-19(12-14-20,17-8-4-2-5-9-17)18-10-6-3-7-11-18/h2-11H,12-15,20H2,1H3. The van der Waals surface area contributed by atoms with Crippen LogP contribution in [0.15, 0.2) is 60.7 Å². The number of benzene rings is 2. The summed E-state index contributed by atoms with van der Waals surface area (Å²) in [5.41, 5.74) is 8.10. The van der Waals surface area contributed by atoms with Crippen molar-refractivity contribution in [3.05, 3.63) is 71.8 Å². The Labute approximate surface area is 132 Å². The number of esters is 1. The number of nitrogens with two attached hydrogens (primary N) is 1. The molecule has 0 aliphatic heterocycles. The molecule has 2 N–H and O–H groups in total. The Hall–Kier alpha value is -2.13. The molecule has 0 fully saturated rings. The first-order valence-electron chi connectivity index (χ1n) is 7.63. The molecule has 22 heavy (non-hydrogen) atoms. The molecule has 0 aromatic heterocycles. The van der Waals surface area contributed by atoms with Gasteiger partial charge in [-0.25, -0.2) is 0 Å². The van der Waals surface area contributed by atoms with Gasteiger partial charge in [0.1, 0.15) is 0 Å². The molecule has 3 heteroatoms. The van der Waals surface area contributed by atoms with Crippen LogP contribution in [-0.4, -0.2) is 19.1 Å². The van der Waals surface area contributed by atoms with Crippen LogP contribution in [0.5, 0.6) is 0 Å². The summed E-state index contributed by atoms with van der Waals surface area (Å²) in [6.07, 6.45) is 1.53. The van der Waals surface area contributed by atoms with Gasteiger partial charge in [0.2, 0.25) is 0 Å². The van der Waals surface area contributed by atoms with Crippen LogP contribution in [0, 0.1) is 0 Å². The van der Waals surface area contributed by atoms with Crippen molar-refractivity contribution in [1.82, 2.24) is 0 Å². The minimum Gasteiger partial charge on any atom is -0.466 e. The maximum absolute atomic E-state index is 11.1. The summed E-state index contributed by atoms with van der Waals surface area (Å²) < 4.78 is 5.21. The summed E-state index contributed by atoms with van der Waals surface area (Å²) in [4.78, 5) is 11.1. The second-order valence-electron chi connectivity index (χ2n) is 5.44. The van der Waals surface area contributed by atoms with Gasteiger partial charge in [-0.15, -0.1) is 0 Å². The molecule has 0 saturated carbocycles. The van der Waals surface area contributed by atoms with E-state index >= 15 is 0 Å². The molecule has 0 bridgehead atoms. The van der Waals surface area contributed by atoms with E-state index in [-0.39, 0.29) is 11.4 Å². The van der Waals surface area contributed by atoms with Crippen LogP contribution < -0.4 is 5.73 Å². The molecule has 0 aliphatic carbocycles. The fourth-order valence-electron chi connectivity index (χ4n) is 3.00. The van der Waals surface area contributed by atoms with E-state index in [2.05, 4.69) is 24.3 Å². The third-order valence-electron chi connectivity index (χ3n) is 4.06. The highest BCUT2D eigenvalue weighted by Crippen LogP contribution is 2.38. The highest BCUT2D eigenvalue weighted by atomic mass is 16.5. The molecular formula is C19H23NO2. The Morgan fingerprint density at radius 3 is 1.86 bits per heavy atom. The lowest BCUT2D eigenvalue weighted by Gasteiger charge is -2.35. The zero-order chi connectivity index (χ0) is 15.8. The SMILES string of the molecule is CC(=O)OCCC(CCN)(c1ccccc1)c1ccccc1. The van der Waals surface area contributed by atoms with Crippen molar-refractivity contribution in [2.75, 3.05) is 13.2 Å². The van der Waals surface area contributed by atoms with Gasteiger partial charge in [-0.1, -0.05) is 60.7 Å². The highest BCUT2D eigenvalue weighted by molar-refractivity contribution is 5.65. The maximum atomic E-state index is 11.1. The van der Waals surface area contributed by atoms with E-state index in [0.717, 1.165) is 12.8 Å². The minimum absolute atomic E-state index is 0.229. The van der Waals surface area contributed by atoms with Crippen molar-refractivity contribution < 1.29 is 9.53 Å². The third-order valence-corrected chi connectivity index (χ3v) is 4.06. The van der Waals surface area contributed by atoms with Gasteiger partial charge in [-0.3, -0.25) is 4.79 Å². The number of carbonyl (C=O) groups excluding carboxylic acids is 1. The number of hydrogen-bond acceptors (Lipinski definition) is 3. The number of ether oxygens (including phenoxy) is 1. The average Bonchev–Trinajstić information content (AvgIpc) is 2.55. The molecule has 0 heterocycles.